The highest BCUT2D eigenvalue weighted by molar-refractivity contribution is 5.99. The predicted octanol–water partition coefficient (Wildman–Crippen LogP) is 2.72. The minimum Gasteiger partial charge on any atom is -0.457 e. The fourth-order valence-electron chi connectivity index (χ4n) is 2.68. The van der Waals surface area contributed by atoms with Gasteiger partial charge in [-0.05, 0) is 66.7 Å². The first-order chi connectivity index (χ1) is 14.8. The fraction of sp³-hybridized carbons (Fsp3) is 0.0870. The molecule has 3 rings (SSSR count). The van der Waals surface area contributed by atoms with Crippen LogP contribution < -0.4 is 26.2 Å². The Hall–Kier alpha value is -4.33. The van der Waals surface area contributed by atoms with E-state index in [0.29, 0.717) is 28.2 Å². The largest absolute Gasteiger partial charge is 0.457 e. The first-order valence-electron chi connectivity index (χ1n) is 9.39. The third kappa shape index (κ3) is 5.60. The predicted molar refractivity (Wildman–Crippen MR) is 117 cm³/mol. The van der Waals surface area contributed by atoms with Gasteiger partial charge < -0.3 is 15.4 Å². The van der Waals surface area contributed by atoms with E-state index < -0.39 is 17.7 Å². The zero-order valence-electron chi connectivity index (χ0n) is 17.1. The summed E-state index contributed by atoms with van der Waals surface area (Å²) in [5.41, 5.74) is 12.0. The summed E-state index contributed by atoms with van der Waals surface area (Å²) in [6.07, 6.45) is 0. The second-order valence-electron chi connectivity index (χ2n) is 6.87. The van der Waals surface area contributed by atoms with Crippen molar-refractivity contribution in [3.05, 3.63) is 89.5 Å². The van der Waals surface area contributed by atoms with E-state index in [0.717, 1.165) is 5.69 Å². The highest BCUT2D eigenvalue weighted by Crippen LogP contribution is 2.22. The molecule has 3 amide bonds. The van der Waals surface area contributed by atoms with E-state index in [1.807, 2.05) is 25.1 Å². The molecule has 3 aromatic carbocycles. The molecule has 0 aliphatic heterocycles. The van der Waals surface area contributed by atoms with Gasteiger partial charge in [0.15, 0.2) is 0 Å². The molecule has 8 heteroatoms. The molecular formula is C23H22N4O4. The molecule has 0 spiro atoms. The number of nitrogens with one attached hydrogen (secondary N) is 2. The van der Waals surface area contributed by atoms with Crippen molar-refractivity contribution in [2.45, 2.75) is 0 Å². The Morgan fingerprint density at radius 3 is 1.77 bits per heavy atom. The maximum absolute atomic E-state index is 12.3. The zero-order chi connectivity index (χ0) is 22.4. The number of carbonyl (C=O) groups excluding carboxylic acids is 3. The average molecular weight is 418 g/mol. The van der Waals surface area contributed by atoms with Crippen LogP contribution in [0.25, 0.3) is 0 Å². The first-order valence-corrected chi connectivity index (χ1v) is 9.39. The Bertz CT molecular complexity index is 1090. The van der Waals surface area contributed by atoms with E-state index in [1.54, 1.807) is 66.7 Å². The number of carbonyl (C=O) groups is 3. The second kappa shape index (κ2) is 9.45. The van der Waals surface area contributed by atoms with Gasteiger partial charge in [-0.1, -0.05) is 6.07 Å². The third-order valence-corrected chi connectivity index (χ3v) is 4.41. The second-order valence-corrected chi connectivity index (χ2v) is 6.87. The van der Waals surface area contributed by atoms with Crippen LogP contribution in [0.4, 0.5) is 5.69 Å². The summed E-state index contributed by atoms with van der Waals surface area (Å²) in [5.74, 6) is -0.368. The zero-order valence-corrected chi connectivity index (χ0v) is 17.1. The van der Waals surface area contributed by atoms with Crippen LogP contribution in [0.1, 0.15) is 31.1 Å². The monoisotopic (exact) mass is 418 g/mol. The Balaban J connectivity index is 1.57. The van der Waals surface area contributed by atoms with Crippen LogP contribution in [0.2, 0.25) is 0 Å². The lowest BCUT2D eigenvalue weighted by molar-refractivity contribution is 0.0846. The van der Waals surface area contributed by atoms with Crippen molar-refractivity contribution in [1.82, 2.24) is 10.9 Å². The summed E-state index contributed by atoms with van der Waals surface area (Å²) in [4.78, 5) is 37.6. The number of hydrogen-bond acceptors (Lipinski definition) is 5. The standard InChI is InChI=1S/C23H22N4O4/c1-27(2)18-5-3-4-17(14-18)23(30)26-25-22(29)16-8-12-20(13-9-16)31-19-10-6-15(7-11-19)21(24)28/h3-14H,1-2H3,(H2,24,28)(H,25,29)(H,26,30). The molecule has 0 saturated heterocycles. The number of nitrogens with two attached hydrogens (primary N) is 1. The molecule has 0 atom stereocenters. The van der Waals surface area contributed by atoms with Crippen LogP contribution >= 0.6 is 0 Å². The van der Waals surface area contributed by atoms with Gasteiger partial charge >= 0.3 is 0 Å². The van der Waals surface area contributed by atoms with Gasteiger partial charge in [-0.25, -0.2) is 0 Å². The van der Waals surface area contributed by atoms with Crippen molar-refractivity contribution < 1.29 is 19.1 Å². The van der Waals surface area contributed by atoms with Gasteiger partial charge in [0.25, 0.3) is 11.8 Å². The van der Waals surface area contributed by atoms with Gasteiger partial charge in [0.1, 0.15) is 11.5 Å². The first kappa shape index (κ1) is 21.4. The smallest absolute Gasteiger partial charge is 0.269 e. The van der Waals surface area contributed by atoms with Crippen molar-refractivity contribution in [2.24, 2.45) is 5.73 Å². The molecule has 3 aromatic rings. The maximum atomic E-state index is 12.3. The highest BCUT2D eigenvalue weighted by Gasteiger charge is 2.10. The molecule has 0 unspecified atom stereocenters. The third-order valence-electron chi connectivity index (χ3n) is 4.41. The molecule has 0 aromatic heterocycles. The Morgan fingerprint density at radius 1 is 0.742 bits per heavy atom. The number of hydrazine groups is 1. The lowest BCUT2D eigenvalue weighted by Gasteiger charge is -2.13. The van der Waals surface area contributed by atoms with Gasteiger partial charge in [0.2, 0.25) is 5.91 Å². The van der Waals surface area contributed by atoms with Gasteiger partial charge in [-0.3, -0.25) is 25.2 Å². The van der Waals surface area contributed by atoms with E-state index >= 15 is 0 Å². The molecule has 0 radical (unpaired) electrons. The number of nitrogens with zero attached hydrogens (tertiary/aromatic N) is 1. The van der Waals surface area contributed by atoms with Crippen LogP contribution in [0.3, 0.4) is 0 Å². The number of primary amides is 1. The molecule has 0 aliphatic rings. The topological polar surface area (TPSA) is 114 Å². The van der Waals surface area contributed by atoms with Crippen molar-refractivity contribution in [2.75, 3.05) is 19.0 Å². The molecule has 0 fully saturated rings. The minimum absolute atomic E-state index is 0.346. The Kier molecular flexibility index (Phi) is 6.51. The molecule has 0 saturated carbocycles. The van der Waals surface area contributed by atoms with Crippen molar-refractivity contribution in [3.63, 3.8) is 0 Å². The van der Waals surface area contributed by atoms with Crippen molar-refractivity contribution in [3.8, 4) is 11.5 Å². The number of ether oxygens (including phenoxy) is 1. The van der Waals surface area contributed by atoms with Crippen LogP contribution in [-0.2, 0) is 0 Å². The minimum atomic E-state index is -0.514. The van der Waals surface area contributed by atoms with Crippen LogP contribution in [0.5, 0.6) is 11.5 Å². The lowest BCUT2D eigenvalue weighted by Crippen LogP contribution is -2.41. The molecule has 8 nitrogen and oxygen atoms in total. The molecule has 31 heavy (non-hydrogen) atoms. The Labute approximate surface area is 179 Å². The normalized spacial score (nSPS) is 10.1. The van der Waals surface area contributed by atoms with Crippen LogP contribution in [0.15, 0.2) is 72.8 Å². The van der Waals surface area contributed by atoms with Gasteiger partial charge in [-0.15, -0.1) is 0 Å². The average Bonchev–Trinajstić information content (AvgIpc) is 2.78. The van der Waals surface area contributed by atoms with E-state index in [1.165, 1.54) is 0 Å². The molecule has 158 valence electrons. The highest BCUT2D eigenvalue weighted by atomic mass is 16.5. The van der Waals surface area contributed by atoms with Crippen LogP contribution in [0, 0.1) is 0 Å². The number of rotatable bonds is 6. The number of amides is 3. The van der Waals surface area contributed by atoms with Gasteiger partial charge in [0, 0.05) is 36.5 Å². The number of benzene rings is 3. The summed E-state index contributed by atoms with van der Waals surface area (Å²) in [5, 5.41) is 0. The van der Waals surface area contributed by atoms with E-state index in [4.69, 9.17) is 10.5 Å². The molecule has 0 aliphatic carbocycles. The summed E-state index contributed by atoms with van der Waals surface area (Å²) in [6, 6.07) is 19.8. The molecule has 0 bridgehead atoms. The van der Waals surface area contributed by atoms with E-state index in [9.17, 15) is 14.4 Å². The summed E-state index contributed by atoms with van der Waals surface area (Å²) >= 11 is 0. The number of hydrogen-bond donors (Lipinski definition) is 3. The van der Waals surface area contributed by atoms with E-state index in [2.05, 4.69) is 10.9 Å². The Morgan fingerprint density at radius 2 is 1.26 bits per heavy atom. The quantitative estimate of drug-likeness (QED) is 0.533. The molecule has 0 heterocycles. The fourth-order valence-corrected chi connectivity index (χ4v) is 2.68. The summed E-state index contributed by atoms with van der Waals surface area (Å²) in [6.45, 7) is 0. The lowest BCUT2D eigenvalue weighted by atomic mass is 10.2. The van der Waals surface area contributed by atoms with Crippen LogP contribution in [-0.4, -0.2) is 31.8 Å². The maximum Gasteiger partial charge on any atom is 0.269 e. The van der Waals surface area contributed by atoms with Crippen molar-refractivity contribution >= 4 is 23.4 Å². The van der Waals surface area contributed by atoms with E-state index in [-0.39, 0.29) is 0 Å². The molecule has 4 N–H and O–H groups in total. The summed E-state index contributed by atoms with van der Waals surface area (Å²) in [7, 11) is 3.75. The SMILES string of the molecule is CN(C)c1cccc(C(=O)NNC(=O)c2ccc(Oc3ccc(C(N)=O)cc3)cc2)c1. The van der Waals surface area contributed by atoms with Crippen molar-refractivity contribution in [1.29, 1.82) is 0 Å². The van der Waals surface area contributed by atoms with Gasteiger partial charge in [0.05, 0.1) is 0 Å². The number of anilines is 1. The molecular weight excluding hydrogens is 396 g/mol. The van der Waals surface area contributed by atoms with Gasteiger partial charge in [-0.2, -0.15) is 0 Å². The summed E-state index contributed by atoms with van der Waals surface area (Å²) < 4.78 is 5.68.